The second-order valence-electron chi connectivity index (χ2n) is 5.59. The third-order valence-electron chi connectivity index (χ3n) is 3.92. The van der Waals surface area contributed by atoms with E-state index in [9.17, 15) is 0 Å². The van der Waals surface area contributed by atoms with Gasteiger partial charge in [0.15, 0.2) is 0 Å². The number of hydrogen-bond acceptors (Lipinski definition) is 3. The molecule has 0 saturated carbocycles. The Hall–Kier alpha value is -0.900. The van der Waals surface area contributed by atoms with Crippen LogP contribution in [-0.2, 0) is 13.1 Å². The van der Waals surface area contributed by atoms with Gasteiger partial charge in [-0.2, -0.15) is 0 Å². The van der Waals surface area contributed by atoms with Crippen LogP contribution in [0, 0.1) is 0 Å². The Morgan fingerprint density at radius 3 is 2.53 bits per heavy atom. The Morgan fingerprint density at radius 2 is 1.84 bits per heavy atom. The summed E-state index contributed by atoms with van der Waals surface area (Å²) in [5, 5.41) is 3.25. The van der Waals surface area contributed by atoms with Gasteiger partial charge in [-0.3, -0.25) is 0 Å². The molecule has 0 aliphatic carbocycles. The van der Waals surface area contributed by atoms with Crippen molar-refractivity contribution in [1.82, 2.24) is 15.1 Å². The number of likely N-dealkylation sites (N-methyl/N-ethyl adjacent to an activating group) is 1. The van der Waals surface area contributed by atoms with E-state index >= 15 is 0 Å². The van der Waals surface area contributed by atoms with Crippen molar-refractivity contribution in [3.8, 4) is 0 Å². The van der Waals surface area contributed by atoms with Gasteiger partial charge in [0, 0.05) is 26.2 Å². The largest absolute Gasteiger partial charge is 0.316 e. The van der Waals surface area contributed by atoms with E-state index < -0.39 is 0 Å². The monoisotopic (exact) mass is 261 g/mol. The highest BCUT2D eigenvalue weighted by Crippen LogP contribution is 2.11. The van der Waals surface area contributed by atoms with Gasteiger partial charge in [0.1, 0.15) is 0 Å². The summed E-state index contributed by atoms with van der Waals surface area (Å²) in [7, 11) is 4.24. The van der Waals surface area contributed by atoms with E-state index in [1.165, 1.54) is 43.6 Å². The van der Waals surface area contributed by atoms with E-state index in [0.717, 1.165) is 19.6 Å². The van der Waals surface area contributed by atoms with Crippen molar-refractivity contribution >= 4 is 0 Å². The molecular formula is C16H27N3. The number of hydrogen-bond donors (Lipinski definition) is 1. The first kappa shape index (κ1) is 14.5. The van der Waals surface area contributed by atoms with Crippen molar-refractivity contribution in [3.63, 3.8) is 0 Å². The number of benzene rings is 1. The standard InChI is InChI=1S/C16H27N3/c1-17-13-15-7-3-4-8-16(15)14-18(2)11-12-19-9-5-6-10-19/h3-4,7-8,17H,5-6,9-14H2,1-2H3. The lowest BCUT2D eigenvalue weighted by molar-refractivity contribution is 0.252. The lowest BCUT2D eigenvalue weighted by atomic mass is 10.1. The molecule has 1 aliphatic rings. The molecule has 0 aromatic heterocycles. The minimum atomic E-state index is 0.955. The molecule has 1 aromatic rings. The van der Waals surface area contributed by atoms with E-state index in [1.807, 2.05) is 7.05 Å². The zero-order valence-corrected chi connectivity index (χ0v) is 12.4. The van der Waals surface area contributed by atoms with Gasteiger partial charge in [-0.25, -0.2) is 0 Å². The van der Waals surface area contributed by atoms with Crippen molar-refractivity contribution < 1.29 is 0 Å². The summed E-state index contributed by atoms with van der Waals surface area (Å²) in [4.78, 5) is 5.02. The number of rotatable bonds is 7. The van der Waals surface area contributed by atoms with E-state index in [2.05, 4.69) is 46.4 Å². The normalized spacial score (nSPS) is 16.4. The highest BCUT2D eigenvalue weighted by atomic mass is 15.2. The minimum absolute atomic E-state index is 0.955. The predicted molar refractivity (Wildman–Crippen MR) is 81.2 cm³/mol. The molecule has 1 fully saturated rings. The van der Waals surface area contributed by atoms with Crippen LogP contribution in [0.1, 0.15) is 24.0 Å². The Balaban J connectivity index is 1.82. The summed E-state index contributed by atoms with van der Waals surface area (Å²) >= 11 is 0. The second kappa shape index (κ2) is 7.63. The minimum Gasteiger partial charge on any atom is -0.316 e. The summed E-state index contributed by atoms with van der Waals surface area (Å²) in [6.07, 6.45) is 2.77. The van der Waals surface area contributed by atoms with E-state index in [4.69, 9.17) is 0 Å². The molecule has 19 heavy (non-hydrogen) atoms. The van der Waals surface area contributed by atoms with Crippen LogP contribution in [0.2, 0.25) is 0 Å². The lowest BCUT2D eigenvalue weighted by Crippen LogP contribution is -2.31. The third kappa shape index (κ3) is 4.60. The molecule has 0 amide bonds. The molecule has 0 atom stereocenters. The third-order valence-corrected chi connectivity index (χ3v) is 3.92. The fourth-order valence-electron chi connectivity index (χ4n) is 2.76. The lowest BCUT2D eigenvalue weighted by Gasteiger charge is -2.22. The van der Waals surface area contributed by atoms with Gasteiger partial charge < -0.3 is 15.1 Å². The number of nitrogens with one attached hydrogen (secondary N) is 1. The molecule has 2 rings (SSSR count). The Kier molecular flexibility index (Phi) is 5.83. The topological polar surface area (TPSA) is 18.5 Å². The van der Waals surface area contributed by atoms with Crippen molar-refractivity contribution in [3.05, 3.63) is 35.4 Å². The first-order valence-corrected chi connectivity index (χ1v) is 7.42. The van der Waals surface area contributed by atoms with E-state index in [-0.39, 0.29) is 0 Å². The zero-order valence-electron chi connectivity index (χ0n) is 12.4. The molecule has 1 N–H and O–H groups in total. The average molecular weight is 261 g/mol. The van der Waals surface area contributed by atoms with Crippen LogP contribution in [-0.4, -0.2) is 50.1 Å². The summed E-state index contributed by atoms with van der Waals surface area (Å²) in [5.74, 6) is 0. The first-order valence-electron chi connectivity index (χ1n) is 7.42. The maximum absolute atomic E-state index is 3.25. The van der Waals surface area contributed by atoms with Crippen molar-refractivity contribution in [2.24, 2.45) is 0 Å². The molecule has 0 radical (unpaired) electrons. The molecule has 0 bridgehead atoms. The molecule has 1 aromatic carbocycles. The van der Waals surface area contributed by atoms with E-state index in [0.29, 0.717) is 0 Å². The maximum atomic E-state index is 3.25. The molecular weight excluding hydrogens is 234 g/mol. The zero-order chi connectivity index (χ0) is 13.5. The predicted octanol–water partition coefficient (Wildman–Crippen LogP) is 1.93. The highest BCUT2D eigenvalue weighted by Gasteiger charge is 2.12. The highest BCUT2D eigenvalue weighted by molar-refractivity contribution is 5.26. The van der Waals surface area contributed by atoms with Gasteiger partial charge in [0.2, 0.25) is 0 Å². The number of nitrogens with zero attached hydrogens (tertiary/aromatic N) is 2. The first-order chi connectivity index (χ1) is 9.29. The van der Waals surface area contributed by atoms with Gasteiger partial charge in [0.05, 0.1) is 0 Å². The molecule has 1 heterocycles. The van der Waals surface area contributed by atoms with Gasteiger partial charge in [-0.05, 0) is 51.2 Å². The Labute approximate surface area is 117 Å². The Bertz CT molecular complexity index is 372. The van der Waals surface area contributed by atoms with Crippen LogP contribution in [0.15, 0.2) is 24.3 Å². The maximum Gasteiger partial charge on any atom is 0.0234 e. The Morgan fingerprint density at radius 1 is 1.16 bits per heavy atom. The van der Waals surface area contributed by atoms with Crippen molar-refractivity contribution in [1.29, 1.82) is 0 Å². The smallest absolute Gasteiger partial charge is 0.0234 e. The van der Waals surface area contributed by atoms with E-state index in [1.54, 1.807) is 0 Å². The van der Waals surface area contributed by atoms with Gasteiger partial charge in [-0.1, -0.05) is 24.3 Å². The summed E-state index contributed by atoms with van der Waals surface area (Å²) in [5.41, 5.74) is 2.86. The van der Waals surface area contributed by atoms with Gasteiger partial charge >= 0.3 is 0 Å². The second-order valence-corrected chi connectivity index (χ2v) is 5.59. The SMILES string of the molecule is CNCc1ccccc1CN(C)CCN1CCCC1. The van der Waals surface area contributed by atoms with Crippen LogP contribution in [0.5, 0.6) is 0 Å². The van der Waals surface area contributed by atoms with Crippen LogP contribution < -0.4 is 5.32 Å². The molecule has 3 nitrogen and oxygen atoms in total. The van der Waals surface area contributed by atoms with Gasteiger partial charge in [0.25, 0.3) is 0 Å². The fraction of sp³-hybridized carbons (Fsp3) is 0.625. The molecule has 106 valence electrons. The van der Waals surface area contributed by atoms with Crippen LogP contribution in [0.3, 0.4) is 0 Å². The number of likely N-dealkylation sites (tertiary alicyclic amines) is 1. The van der Waals surface area contributed by atoms with Crippen LogP contribution in [0.25, 0.3) is 0 Å². The van der Waals surface area contributed by atoms with Crippen molar-refractivity contribution in [2.75, 3.05) is 40.3 Å². The molecule has 3 heteroatoms. The quantitative estimate of drug-likeness (QED) is 0.809. The summed E-state index contributed by atoms with van der Waals surface area (Å²) in [6.45, 7) is 6.97. The summed E-state index contributed by atoms with van der Waals surface area (Å²) < 4.78 is 0. The van der Waals surface area contributed by atoms with Gasteiger partial charge in [-0.15, -0.1) is 0 Å². The average Bonchev–Trinajstić information content (AvgIpc) is 2.92. The van der Waals surface area contributed by atoms with Crippen LogP contribution in [0.4, 0.5) is 0 Å². The van der Waals surface area contributed by atoms with Crippen LogP contribution >= 0.6 is 0 Å². The molecule has 0 unspecified atom stereocenters. The van der Waals surface area contributed by atoms with Crippen molar-refractivity contribution in [2.45, 2.75) is 25.9 Å². The molecule has 0 spiro atoms. The fourth-order valence-corrected chi connectivity index (χ4v) is 2.76. The molecule has 1 aliphatic heterocycles. The molecule has 1 saturated heterocycles. The summed E-state index contributed by atoms with van der Waals surface area (Å²) in [6, 6.07) is 8.74.